The van der Waals surface area contributed by atoms with Gasteiger partial charge in [0.05, 0.1) is 6.04 Å². The number of amides is 2. The highest BCUT2D eigenvalue weighted by molar-refractivity contribution is 5.93. The number of nitrogens with one attached hydrogen (secondary N) is 1. The monoisotopic (exact) mass is 321 g/mol. The van der Waals surface area contributed by atoms with Gasteiger partial charge in [0.25, 0.3) is 5.91 Å². The zero-order valence-electron chi connectivity index (χ0n) is 14.8. The topological polar surface area (TPSA) is 63.6 Å². The summed E-state index contributed by atoms with van der Waals surface area (Å²) < 4.78 is 7.46. The number of carbonyl (C=O) groups is 2. The lowest BCUT2D eigenvalue weighted by atomic mass is 10.1. The molecule has 2 amide bonds. The minimum absolute atomic E-state index is 0.0795. The van der Waals surface area contributed by atoms with Crippen molar-refractivity contribution in [1.82, 2.24) is 14.8 Å². The predicted molar refractivity (Wildman–Crippen MR) is 88.4 cm³/mol. The van der Waals surface area contributed by atoms with Crippen molar-refractivity contribution < 1.29 is 14.3 Å². The smallest absolute Gasteiger partial charge is 0.410 e. The molecule has 1 unspecified atom stereocenters. The second-order valence-corrected chi connectivity index (χ2v) is 7.27. The maximum Gasteiger partial charge on any atom is 0.410 e. The first-order valence-electron chi connectivity index (χ1n) is 8.10. The molecule has 0 aromatic carbocycles. The Hall–Kier alpha value is -1.98. The summed E-state index contributed by atoms with van der Waals surface area (Å²) >= 11 is 0. The zero-order valence-corrected chi connectivity index (χ0v) is 14.8. The lowest BCUT2D eigenvalue weighted by molar-refractivity contribution is 0.0126. The third kappa shape index (κ3) is 3.86. The molecular formula is C17H27N3O3. The molecule has 1 aromatic rings. The second-order valence-electron chi connectivity index (χ2n) is 7.27. The van der Waals surface area contributed by atoms with E-state index in [1.54, 1.807) is 4.90 Å². The molecule has 1 atom stereocenters. The fraction of sp³-hybridized carbons (Fsp3) is 0.647. The van der Waals surface area contributed by atoms with Crippen LogP contribution in [0.25, 0.3) is 0 Å². The molecule has 6 nitrogen and oxygen atoms in total. The molecule has 1 aliphatic rings. The SMILES string of the molecule is CC(C)NC(=O)c1ccc2n1CCN(C(=O)OC(C)(C)C)C2C. The van der Waals surface area contributed by atoms with Gasteiger partial charge in [-0.05, 0) is 53.7 Å². The number of carbonyl (C=O) groups excluding carboxylic acids is 2. The van der Waals surface area contributed by atoms with Crippen molar-refractivity contribution in [2.45, 2.75) is 65.8 Å². The first-order valence-corrected chi connectivity index (χ1v) is 8.10. The van der Waals surface area contributed by atoms with Crippen LogP contribution in [0.15, 0.2) is 12.1 Å². The van der Waals surface area contributed by atoms with Crippen molar-refractivity contribution in [2.75, 3.05) is 6.54 Å². The Morgan fingerprint density at radius 1 is 1.26 bits per heavy atom. The maximum atomic E-state index is 12.3. The number of nitrogens with zero attached hydrogens (tertiary/aromatic N) is 2. The molecule has 128 valence electrons. The van der Waals surface area contributed by atoms with Gasteiger partial charge in [-0.2, -0.15) is 0 Å². The number of aromatic nitrogens is 1. The van der Waals surface area contributed by atoms with E-state index in [4.69, 9.17) is 4.74 Å². The Morgan fingerprint density at radius 2 is 1.91 bits per heavy atom. The van der Waals surface area contributed by atoms with Gasteiger partial charge in [0.1, 0.15) is 11.3 Å². The normalized spacial score (nSPS) is 17.9. The van der Waals surface area contributed by atoms with Crippen LogP contribution in [0.1, 0.15) is 63.8 Å². The van der Waals surface area contributed by atoms with Crippen molar-refractivity contribution in [3.8, 4) is 0 Å². The van der Waals surface area contributed by atoms with E-state index >= 15 is 0 Å². The van der Waals surface area contributed by atoms with Crippen molar-refractivity contribution in [3.63, 3.8) is 0 Å². The molecule has 23 heavy (non-hydrogen) atoms. The summed E-state index contributed by atoms with van der Waals surface area (Å²) in [6.07, 6.45) is -0.314. The fourth-order valence-electron chi connectivity index (χ4n) is 2.76. The van der Waals surface area contributed by atoms with Crippen LogP contribution in [0.2, 0.25) is 0 Å². The van der Waals surface area contributed by atoms with Crippen LogP contribution < -0.4 is 5.32 Å². The summed E-state index contributed by atoms with van der Waals surface area (Å²) in [6.45, 7) is 12.5. The van der Waals surface area contributed by atoms with E-state index in [1.165, 1.54) is 0 Å². The molecule has 0 fully saturated rings. The number of fused-ring (bicyclic) bond motifs is 1. The largest absolute Gasteiger partial charge is 0.444 e. The summed E-state index contributed by atoms with van der Waals surface area (Å²) in [5, 5.41) is 2.91. The van der Waals surface area contributed by atoms with Crippen LogP contribution >= 0.6 is 0 Å². The van der Waals surface area contributed by atoms with Gasteiger partial charge in [-0.25, -0.2) is 4.79 Å². The van der Waals surface area contributed by atoms with Crippen molar-refractivity contribution in [2.24, 2.45) is 0 Å². The summed E-state index contributed by atoms with van der Waals surface area (Å²) in [7, 11) is 0. The van der Waals surface area contributed by atoms with E-state index in [0.29, 0.717) is 18.8 Å². The van der Waals surface area contributed by atoms with Crippen LogP contribution in [0.4, 0.5) is 4.79 Å². The maximum absolute atomic E-state index is 12.3. The van der Waals surface area contributed by atoms with E-state index in [-0.39, 0.29) is 24.1 Å². The van der Waals surface area contributed by atoms with E-state index in [2.05, 4.69) is 5.32 Å². The molecule has 2 rings (SSSR count). The Labute approximate surface area is 137 Å². The first kappa shape index (κ1) is 17.4. The average Bonchev–Trinajstić information content (AvgIpc) is 2.80. The molecule has 6 heteroatoms. The average molecular weight is 321 g/mol. The van der Waals surface area contributed by atoms with Gasteiger partial charge >= 0.3 is 6.09 Å². The number of hydrogen-bond acceptors (Lipinski definition) is 3. The number of hydrogen-bond donors (Lipinski definition) is 1. The Kier molecular flexibility index (Phi) is 4.73. The number of ether oxygens (including phenoxy) is 1. The molecule has 0 spiro atoms. The van der Waals surface area contributed by atoms with Crippen molar-refractivity contribution in [3.05, 3.63) is 23.5 Å². The summed E-state index contributed by atoms with van der Waals surface area (Å²) in [4.78, 5) is 26.3. The molecule has 1 aliphatic heterocycles. The lowest BCUT2D eigenvalue weighted by Crippen LogP contribution is -2.44. The Morgan fingerprint density at radius 3 is 2.48 bits per heavy atom. The van der Waals surface area contributed by atoms with E-state index < -0.39 is 5.60 Å². The van der Waals surface area contributed by atoms with Crippen molar-refractivity contribution >= 4 is 12.0 Å². The molecule has 1 N–H and O–H groups in total. The predicted octanol–water partition coefficient (Wildman–Crippen LogP) is 2.94. The van der Waals surface area contributed by atoms with E-state index in [1.807, 2.05) is 58.2 Å². The first-order chi connectivity index (χ1) is 10.6. The van der Waals surface area contributed by atoms with Crippen molar-refractivity contribution in [1.29, 1.82) is 0 Å². The van der Waals surface area contributed by atoms with Gasteiger partial charge in [0.15, 0.2) is 0 Å². The van der Waals surface area contributed by atoms with Crippen LogP contribution in [0, 0.1) is 0 Å². The van der Waals surface area contributed by atoms with Gasteiger partial charge in [-0.15, -0.1) is 0 Å². The zero-order chi connectivity index (χ0) is 17.4. The quantitative estimate of drug-likeness (QED) is 0.911. The van der Waals surface area contributed by atoms with Gasteiger partial charge in [-0.1, -0.05) is 0 Å². The lowest BCUT2D eigenvalue weighted by Gasteiger charge is -2.36. The number of rotatable bonds is 2. The van der Waals surface area contributed by atoms with Crippen LogP contribution in [0.3, 0.4) is 0 Å². The van der Waals surface area contributed by atoms with Crippen LogP contribution in [-0.2, 0) is 11.3 Å². The van der Waals surface area contributed by atoms with Gasteiger partial charge in [0, 0.05) is 24.8 Å². The molecule has 0 aliphatic carbocycles. The van der Waals surface area contributed by atoms with E-state index in [0.717, 1.165) is 5.69 Å². The molecule has 0 saturated heterocycles. The highest BCUT2D eigenvalue weighted by Crippen LogP contribution is 2.28. The molecule has 0 bridgehead atoms. The fourth-order valence-corrected chi connectivity index (χ4v) is 2.76. The van der Waals surface area contributed by atoms with E-state index in [9.17, 15) is 9.59 Å². The van der Waals surface area contributed by atoms with Crippen LogP contribution in [-0.4, -0.2) is 39.7 Å². The third-order valence-electron chi connectivity index (χ3n) is 3.75. The van der Waals surface area contributed by atoms with Gasteiger partial charge < -0.3 is 14.6 Å². The molecule has 0 radical (unpaired) electrons. The highest BCUT2D eigenvalue weighted by atomic mass is 16.6. The molecule has 2 heterocycles. The molecule has 1 aromatic heterocycles. The van der Waals surface area contributed by atoms with Gasteiger partial charge in [0.2, 0.25) is 0 Å². The second kappa shape index (κ2) is 6.26. The molecular weight excluding hydrogens is 294 g/mol. The molecule has 0 saturated carbocycles. The Bertz CT molecular complexity index is 599. The summed E-state index contributed by atoms with van der Waals surface area (Å²) in [6, 6.07) is 3.70. The highest BCUT2D eigenvalue weighted by Gasteiger charge is 2.32. The van der Waals surface area contributed by atoms with Gasteiger partial charge in [-0.3, -0.25) is 9.69 Å². The summed E-state index contributed by atoms with van der Waals surface area (Å²) in [5.41, 5.74) is 1.08. The Balaban J connectivity index is 2.19. The third-order valence-corrected chi connectivity index (χ3v) is 3.75. The summed E-state index contributed by atoms with van der Waals surface area (Å²) in [5.74, 6) is -0.0795. The minimum atomic E-state index is -0.515. The minimum Gasteiger partial charge on any atom is -0.444 e. The van der Waals surface area contributed by atoms with Crippen LogP contribution in [0.5, 0.6) is 0 Å². The standard InChI is InChI=1S/C17H27N3O3/c1-11(2)18-15(21)14-8-7-13-12(3)19(9-10-20(13)14)16(22)23-17(4,5)6/h7-8,11-12H,9-10H2,1-6H3,(H,18,21).